The summed E-state index contributed by atoms with van der Waals surface area (Å²) >= 11 is 5.91. The van der Waals surface area contributed by atoms with E-state index in [9.17, 15) is 0 Å². The molecule has 0 radical (unpaired) electrons. The summed E-state index contributed by atoms with van der Waals surface area (Å²) in [7, 11) is 0. The molecule has 0 amide bonds. The molecule has 72 valence electrons. The lowest BCUT2D eigenvalue weighted by atomic mass is 10.1. The molecule has 0 fully saturated rings. The Labute approximate surface area is 86.9 Å². The minimum absolute atomic E-state index is 0.547. The summed E-state index contributed by atoms with van der Waals surface area (Å²) in [5.74, 6) is 5.31. The normalized spacial score (nSPS) is 10.5. The quantitative estimate of drug-likeness (QED) is 0.429. The molecule has 0 saturated heterocycles. The molecule has 0 unspecified atom stereocenters. The van der Waals surface area contributed by atoms with Crippen molar-refractivity contribution in [1.29, 1.82) is 0 Å². The van der Waals surface area contributed by atoms with E-state index in [1.807, 2.05) is 31.2 Å². The molecule has 1 aromatic heterocycles. The van der Waals surface area contributed by atoms with Crippen LogP contribution in [0.2, 0.25) is 5.15 Å². The van der Waals surface area contributed by atoms with E-state index in [0.717, 1.165) is 22.2 Å². The zero-order chi connectivity index (χ0) is 10.1. The Morgan fingerprint density at radius 1 is 1.36 bits per heavy atom. The van der Waals surface area contributed by atoms with Crippen LogP contribution in [0.25, 0.3) is 10.9 Å². The molecule has 0 bridgehead atoms. The number of hydrogen-bond acceptors (Lipinski definition) is 3. The number of hydrazine groups is 1. The number of nitrogens with one attached hydrogen (secondary N) is 1. The van der Waals surface area contributed by atoms with Crippen LogP contribution in [0.1, 0.15) is 5.56 Å². The summed E-state index contributed by atoms with van der Waals surface area (Å²) in [6.45, 7) is 1.93. The van der Waals surface area contributed by atoms with E-state index in [-0.39, 0.29) is 0 Å². The fourth-order valence-corrected chi connectivity index (χ4v) is 1.49. The van der Waals surface area contributed by atoms with E-state index in [1.54, 1.807) is 0 Å². The van der Waals surface area contributed by atoms with Gasteiger partial charge in [-0.1, -0.05) is 11.6 Å². The number of aryl methyl sites for hydroxylation is 1. The van der Waals surface area contributed by atoms with Crippen molar-refractivity contribution in [2.75, 3.05) is 5.43 Å². The Morgan fingerprint density at radius 2 is 2.14 bits per heavy atom. The molecule has 1 aromatic carbocycles. The Hall–Kier alpha value is -1.32. The van der Waals surface area contributed by atoms with Crippen LogP contribution in [0.4, 0.5) is 5.69 Å². The van der Waals surface area contributed by atoms with Gasteiger partial charge in [0.15, 0.2) is 0 Å². The van der Waals surface area contributed by atoms with Crippen molar-refractivity contribution in [2.24, 2.45) is 5.84 Å². The molecule has 0 saturated carbocycles. The lowest BCUT2D eigenvalue weighted by Gasteiger charge is -2.04. The number of aromatic nitrogens is 1. The van der Waals surface area contributed by atoms with Crippen molar-refractivity contribution in [1.82, 2.24) is 4.98 Å². The minimum atomic E-state index is 0.547. The van der Waals surface area contributed by atoms with Gasteiger partial charge in [0.25, 0.3) is 0 Å². The van der Waals surface area contributed by atoms with E-state index in [2.05, 4.69) is 10.4 Å². The van der Waals surface area contributed by atoms with Gasteiger partial charge in [-0.3, -0.25) is 5.84 Å². The number of rotatable bonds is 1. The number of pyridine rings is 1. The molecule has 14 heavy (non-hydrogen) atoms. The largest absolute Gasteiger partial charge is 0.324 e. The lowest BCUT2D eigenvalue weighted by Crippen LogP contribution is -2.06. The second-order valence-corrected chi connectivity index (χ2v) is 3.51. The fourth-order valence-electron chi connectivity index (χ4n) is 1.35. The molecule has 3 N–H and O–H groups in total. The molecule has 4 heteroatoms. The molecule has 0 atom stereocenters. The van der Waals surface area contributed by atoms with Crippen LogP contribution >= 0.6 is 11.6 Å². The van der Waals surface area contributed by atoms with Gasteiger partial charge in [-0.15, -0.1) is 0 Å². The third kappa shape index (κ3) is 1.52. The number of fused-ring (bicyclic) bond motifs is 1. The summed E-state index contributed by atoms with van der Waals surface area (Å²) in [6.07, 6.45) is 0. The molecule has 0 aliphatic heterocycles. The average molecular weight is 208 g/mol. The third-order valence-electron chi connectivity index (χ3n) is 2.11. The summed E-state index contributed by atoms with van der Waals surface area (Å²) in [5, 5.41) is 1.58. The van der Waals surface area contributed by atoms with Gasteiger partial charge in [0.1, 0.15) is 5.15 Å². The molecule has 2 aromatic rings. The van der Waals surface area contributed by atoms with Crippen LogP contribution in [0.3, 0.4) is 0 Å². The first-order chi connectivity index (χ1) is 6.70. The SMILES string of the molecule is Cc1cc2cc(NN)ccc2nc1Cl. The molecule has 2 rings (SSSR count). The Bertz CT molecular complexity index is 482. The number of anilines is 1. The van der Waals surface area contributed by atoms with Gasteiger partial charge in [0.2, 0.25) is 0 Å². The van der Waals surface area contributed by atoms with Gasteiger partial charge in [-0.25, -0.2) is 4.98 Å². The summed E-state index contributed by atoms with van der Waals surface area (Å²) < 4.78 is 0. The molecule has 0 spiro atoms. The smallest absolute Gasteiger partial charge is 0.132 e. The van der Waals surface area contributed by atoms with Crippen molar-refractivity contribution in [2.45, 2.75) is 6.92 Å². The van der Waals surface area contributed by atoms with Crippen LogP contribution < -0.4 is 11.3 Å². The third-order valence-corrected chi connectivity index (χ3v) is 2.49. The van der Waals surface area contributed by atoms with Gasteiger partial charge in [-0.2, -0.15) is 0 Å². The van der Waals surface area contributed by atoms with E-state index >= 15 is 0 Å². The highest BCUT2D eigenvalue weighted by Gasteiger charge is 2.01. The maximum Gasteiger partial charge on any atom is 0.132 e. The van der Waals surface area contributed by atoms with Crippen LogP contribution in [-0.2, 0) is 0 Å². The average Bonchev–Trinajstić information content (AvgIpc) is 2.19. The number of benzene rings is 1. The van der Waals surface area contributed by atoms with E-state index in [1.165, 1.54) is 0 Å². The van der Waals surface area contributed by atoms with E-state index < -0.39 is 0 Å². The van der Waals surface area contributed by atoms with Crippen molar-refractivity contribution in [3.8, 4) is 0 Å². The van der Waals surface area contributed by atoms with Crippen LogP contribution in [-0.4, -0.2) is 4.98 Å². The monoisotopic (exact) mass is 207 g/mol. The van der Waals surface area contributed by atoms with Crippen molar-refractivity contribution in [3.05, 3.63) is 35.0 Å². The molecule has 1 heterocycles. The second kappa shape index (κ2) is 3.44. The molecule has 0 aliphatic carbocycles. The maximum absolute atomic E-state index is 5.91. The van der Waals surface area contributed by atoms with Crippen LogP contribution in [0, 0.1) is 6.92 Å². The number of halogens is 1. The molecule has 3 nitrogen and oxygen atoms in total. The molecule has 0 aliphatic rings. The summed E-state index contributed by atoms with van der Waals surface area (Å²) in [6, 6.07) is 7.67. The van der Waals surface area contributed by atoms with Gasteiger partial charge >= 0.3 is 0 Å². The predicted octanol–water partition coefficient (Wildman–Crippen LogP) is 2.48. The van der Waals surface area contributed by atoms with E-state index in [0.29, 0.717) is 5.15 Å². The first-order valence-electron chi connectivity index (χ1n) is 4.24. The first-order valence-corrected chi connectivity index (χ1v) is 4.62. The highest BCUT2D eigenvalue weighted by Crippen LogP contribution is 2.22. The van der Waals surface area contributed by atoms with Gasteiger partial charge in [0, 0.05) is 11.1 Å². The number of nitrogens with zero attached hydrogens (tertiary/aromatic N) is 1. The number of hydrogen-bond donors (Lipinski definition) is 2. The Balaban J connectivity index is 2.70. The van der Waals surface area contributed by atoms with Crippen LogP contribution in [0.15, 0.2) is 24.3 Å². The lowest BCUT2D eigenvalue weighted by molar-refractivity contribution is 1.32. The highest BCUT2D eigenvalue weighted by molar-refractivity contribution is 6.30. The Morgan fingerprint density at radius 3 is 2.86 bits per heavy atom. The number of nitrogen functional groups attached to an aromatic ring is 1. The van der Waals surface area contributed by atoms with Crippen molar-refractivity contribution in [3.63, 3.8) is 0 Å². The first kappa shape index (κ1) is 9.24. The van der Waals surface area contributed by atoms with Gasteiger partial charge in [-0.05, 0) is 36.8 Å². The zero-order valence-corrected chi connectivity index (χ0v) is 8.47. The summed E-state index contributed by atoms with van der Waals surface area (Å²) in [5.41, 5.74) is 5.30. The van der Waals surface area contributed by atoms with Crippen LogP contribution in [0.5, 0.6) is 0 Å². The maximum atomic E-state index is 5.91. The number of nitrogens with two attached hydrogens (primary N) is 1. The second-order valence-electron chi connectivity index (χ2n) is 3.15. The van der Waals surface area contributed by atoms with Gasteiger partial charge in [0.05, 0.1) is 5.52 Å². The standard InChI is InChI=1S/C10H10ClN3/c1-6-4-7-5-8(14-12)2-3-9(7)13-10(6)11/h2-5,14H,12H2,1H3. The van der Waals surface area contributed by atoms with E-state index in [4.69, 9.17) is 17.4 Å². The predicted molar refractivity (Wildman–Crippen MR) is 59.3 cm³/mol. The van der Waals surface area contributed by atoms with Crippen molar-refractivity contribution < 1.29 is 0 Å². The summed E-state index contributed by atoms with van der Waals surface area (Å²) in [4.78, 5) is 4.25. The van der Waals surface area contributed by atoms with Gasteiger partial charge < -0.3 is 5.43 Å². The Kier molecular flexibility index (Phi) is 2.27. The molecular formula is C10H10ClN3. The topological polar surface area (TPSA) is 50.9 Å². The fraction of sp³-hybridized carbons (Fsp3) is 0.100. The highest BCUT2D eigenvalue weighted by atomic mass is 35.5. The zero-order valence-electron chi connectivity index (χ0n) is 7.71. The van der Waals surface area contributed by atoms with Crippen molar-refractivity contribution >= 4 is 28.2 Å². The molecular weight excluding hydrogens is 198 g/mol. The minimum Gasteiger partial charge on any atom is -0.324 e.